The third-order valence-corrected chi connectivity index (χ3v) is 4.46. The molecule has 1 aliphatic rings. The van der Waals surface area contributed by atoms with Gasteiger partial charge in [0.05, 0.1) is 18.9 Å². The van der Waals surface area contributed by atoms with Crippen LogP contribution in [0.25, 0.3) is 0 Å². The van der Waals surface area contributed by atoms with Crippen LogP contribution in [-0.2, 0) is 4.74 Å². The van der Waals surface area contributed by atoms with Crippen LogP contribution in [0.1, 0.15) is 59.1 Å². The SMILES string of the molecule is CNc1cc(C)nc([C@@H]2COCCN2C(=O)c2c(C(C)C)noc2C)n1. The third kappa shape index (κ3) is 3.41. The first-order chi connectivity index (χ1) is 12.4. The minimum Gasteiger partial charge on any atom is -0.377 e. The molecule has 3 rings (SSSR count). The van der Waals surface area contributed by atoms with Gasteiger partial charge in [0.25, 0.3) is 5.91 Å². The highest BCUT2D eigenvalue weighted by molar-refractivity contribution is 5.96. The number of nitrogens with zero attached hydrogens (tertiary/aromatic N) is 4. The molecule has 8 nitrogen and oxygen atoms in total. The van der Waals surface area contributed by atoms with Crippen LogP contribution in [0.15, 0.2) is 10.6 Å². The monoisotopic (exact) mass is 359 g/mol. The quantitative estimate of drug-likeness (QED) is 0.896. The smallest absolute Gasteiger partial charge is 0.260 e. The molecule has 1 fully saturated rings. The lowest BCUT2D eigenvalue weighted by Crippen LogP contribution is -2.44. The predicted molar refractivity (Wildman–Crippen MR) is 96.2 cm³/mol. The summed E-state index contributed by atoms with van der Waals surface area (Å²) < 4.78 is 10.9. The standard InChI is InChI=1S/C18H25N5O3/c1-10(2)16-15(12(4)26-22-16)18(24)23-6-7-25-9-13(23)17-20-11(3)8-14(19-5)21-17/h8,10,13H,6-7,9H2,1-5H3,(H,19,20,21)/t13-/m0/s1. The third-order valence-electron chi connectivity index (χ3n) is 4.46. The number of carbonyl (C=O) groups is 1. The van der Waals surface area contributed by atoms with Crippen molar-refractivity contribution in [2.75, 3.05) is 32.1 Å². The Bertz CT molecular complexity index is 802. The lowest BCUT2D eigenvalue weighted by atomic mass is 10.0. The van der Waals surface area contributed by atoms with E-state index >= 15 is 0 Å². The van der Waals surface area contributed by atoms with Crippen LogP contribution < -0.4 is 5.32 Å². The number of anilines is 1. The molecule has 2 aromatic heterocycles. The molecule has 140 valence electrons. The van der Waals surface area contributed by atoms with E-state index in [9.17, 15) is 4.79 Å². The van der Waals surface area contributed by atoms with Gasteiger partial charge in [-0.25, -0.2) is 9.97 Å². The second-order valence-corrected chi connectivity index (χ2v) is 6.75. The molecule has 0 saturated carbocycles. The Kier molecular flexibility index (Phi) is 5.22. The van der Waals surface area contributed by atoms with E-state index in [-0.39, 0.29) is 17.9 Å². The summed E-state index contributed by atoms with van der Waals surface area (Å²) in [7, 11) is 1.81. The summed E-state index contributed by atoms with van der Waals surface area (Å²) in [5, 5.41) is 7.11. The highest BCUT2D eigenvalue weighted by atomic mass is 16.5. The molecular formula is C18H25N5O3. The van der Waals surface area contributed by atoms with E-state index in [1.54, 1.807) is 18.9 Å². The maximum absolute atomic E-state index is 13.3. The van der Waals surface area contributed by atoms with Gasteiger partial charge in [-0.2, -0.15) is 0 Å². The van der Waals surface area contributed by atoms with Gasteiger partial charge in [0.2, 0.25) is 0 Å². The average molecular weight is 359 g/mol. The van der Waals surface area contributed by atoms with Crippen LogP contribution >= 0.6 is 0 Å². The first kappa shape index (κ1) is 18.3. The second-order valence-electron chi connectivity index (χ2n) is 6.75. The van der Waals surface area contributed by atoms with Gasteiger partial charge in [0.1, 0.15) is 23.2 Å². The summed E-state index contributed by atoms with van der Waals surface area (Å²) in [4.78, 5) is 24.2. The highest BCUT2D eigenvalue weighted by Gasteiger charge is 2.35. The molecule has 2 aromatic rings. The fourth-order valence-corrected chi connectivity index (χ4v) is 3.12. The van der Waals surface area contributed by atoms with Crippen LogP contribution in [-0.4, -0.2) is 52.7 Å². The summed E-state index contributed by atoms with van der Waals surface area (Å²) in [6.07, 6.45) is 0. The van der Waals surface area contributed by atoms with Gasteiger partial charge in [-0.15, -0.1) is 0 Å². The Labute approximate surface area is 152 Å². The number of nitrogens with one attached hydrogen (secondary N) is 1. The van der Waals surface area contributed by atoms with Gasteiger partial charge in [-0.1, -0.05) is 19.0 Å². The van der Waals surface area contributed by atoms with Crippen molar-refractivity contribution in [3.05, 3.63) is 34.6 Å². The molecule has 1 saturated heterocycles. The van der Waals surface area contributed by atoms with Crippen molar-refractivity contribution in [2.24, 2.45) is 0 Å². The molecule has 1 aliphatic heterocycles. The van der Waals surface area contributed by atoms with E-state index in [1.807, 2.05) is 26.8 Å². The maximum atomic E-state index is 13.3. The number of carbonyl (C=O) groups excluding carboxylic acids is 1. The molecule has 1 atom stereocenters. The number of aryl methyl sites for hydroxylation is 2. The zero-order valence-corrected chi connectivity index (χ0v) is 15.9. The molecule has 0 radical (unpaired) electrons. The van der Waals surface area contributed by atoms with E-state index < -0.39 is 0 Å². The molecule has 3 heterocycles. The Morgan fingerprint density at radius 1 is 1.35 bits per heavy atom. The first-order valence-corrected chi connectivity index (χ1v) is 8.80. The van der Waals surface area contributed by atoms with Crippen molar-refractivity contribution in [3.8, 4) is 0 Å². The van der Waals surface area contributed by atoms with E-state index in [0.29, 0.717) is 42.6 Å². The van der Waals surface area contributed by atoms with E-state index in [2.05, 4.69) is 20.4 Å². The molecule has 1 N–H and O–H groups in total. The summed E-state index contributed by atoms with van der Waals surface area (Å²) >= 11 is 0. The number of hydrogen-bond acceptors (Lipinski definition) is 7. The van der Waals surface area contributed by atoms with Crippen LogP contribution in [0.3, 0.4) is 0 Å². The predicted octanol–water partition coefficient (Wildman–Crippen LogP) is 2.46. The zero-order chi connectivity index (χ0) is 18.8. The topological polar surface area (TPSA) is 93.4 Å². The first-order valence-electron chi connectivity index (χ1n) is 8.80. The Morgan fingerprint density at radius 3 is 2.81 bits per heavy atom. The van der Waals surface area contributed by atoms with Crippen molar-refractivity contribution in [1.82, 2.24) is 20.0 Å². The zero-order valence-electron chi connectivity index (χ0n) is 15.9. The molecule has 0 aliphatic carbocycles. The number of amides is 1. The van der Waals surface area contributed by atoms with Crippen molar-refractivity contribution in [3.63, 3.8) is 0 Å². The second kappa shape index (κ2) is 7.41. The molecule has 26 heavy (non-hydrogen) atoms. The summed E-state index contributed by atoms with van der Waals surface area (Å²) in [5.41, 5.74) is 2.05. The van der Waals surface area contributed by atoms with Crippen LogP contribution in [0.5, 0.6) is 0 Å². The largest absolute Gasteiger partial charge is 0.377 e. The Balaban J connectivity index is 1.99. The number of aromatic nitrogens is 3. The van der Waals surface area contributed by atoms with Crippen molar-refractivity contribution in [2.45, 2.75) is 39.7 Å². The van der Waals surface area contributed by atoms with Crippen LogP contribution in [0.2, 0.25) is 0 Å². The summed E-state index contributed by atoms with van der Waals surface area (Å²) in [6.45, 7) is 8.97. The maximum Gasteiger partial charge on any atom is 0.260 e. The minimum atomic E-state index is -0.349. The van der Waals surface area contributed by atoms with E-state index in [1.165, 1.54) is 0 Å². The average Bonchev–Trinajstić information content (AvgIpc) is 3.02. The van der Waals surface area contributed by atoms with Crippen LogP contribution in [0, 0.1) is 13.8 Å². The molecule has 0 bridgehead atoms. The van der Waals surface area contributed by atoms with E-state index in [0.717, 1.165) is 11.5 Å². The van der Waals surface area contributed by atoms with Gasteiger partial charge >= 0.3 is 0 Å². The highest BCUT2D eigenvalue weighted by Crippen LogP contribution is 2.29. The fraction of sp³-hybridized carbons (Fsp3) is 0.556. The number of rotatable bonds is 4. The molecular weight excluding hydrogens is 334 g/mol. The molecule has 0 unspecified atom stereocenters. The van der Waals surface area contributed by atoms with Gasteiger partial charge in [-0.3, -0.25) is 4.79 Å². The van der Waals surface area contributed by atoms with E-state index in [4.69, 9.17) is 9.26 Å². The number of morpholine rings is 1. The normalized spacial score (nSPS) is 17.6. The van der Waals surface area contributed by atoms with Crippen LogP contribution in [0.4, 0.5) is 5.82 Å². The Hall–Kier alpha value is -2.48. The van der Waals surface area contributed by atoms with Gasteiger partial charge in [0.15, 0.2) is 5.82 Å². The van der Waals surface area contributed by atoms with Crippen molar-refractivity contribution >= 4 is 11.7 Å². The fourth-order valence-electron chi connectivity index (χ4n) is 3.12. The molecule has 8 heteroatoms. The summed E-state index contributed by atoms with van der Waals surface area (Å²) in [5.74, 6) is 1.80. The van der Waals surface area contributed by atoms with Crippen molar-refractivity contribution < 1.29 is 14.1 Å². The summed E-state index contributed by atoms with van der Waals surface area (Å²) in [6, 6.07) is 1.51. The number of ether oxygens (including phenoxy) is 1. The lowest BCUT2D eigenvalue weighted by molar-refractivity contribution is -0.00538. The van der Waals surface area contributed by atoms with Gasteiger partial charge in [0, 0.05) is 25.4 Å². The van der Waals surface area contributed by atoms with Gasteiger partial charge < -0.3 is 19.5 Å². The molecule has 0 aromatic carbocycles. The van der Waals surface area contributed by atoms with Crippen molar-refractivity contribution in [1.29, 1.82) is 0 Å². The molecule has 1 amide bonds. The minimum absolute atomic E-state index is 0.0944. The number of hydrogen-bond donors (Lipinski definition) is 1. The van der Waals surface area contributed by atoms with Gasteiger partial charge in [-0.05, 0) is 19.8 Å². The lowest BCUT2D eigenvalue weighted by Gasteiger charge is -2.34. The molecule has 0 spiro atoms. The Morgan fingerprint density at radius 2 is 2.12 bits per heavy atom.